The van der Waals surface area contributed by atoms with Gasteiger partial charge >= 0.3 is 0 Å². The van der Waals surface area contributed by atoms with Crippen molar-refractivity contribution in [1.82, 2.24) is 20.2 Å². The van der Waals surface area contributed by atoms with Gasteiger partial charge in [-0.2, -0.15) is 5.10 Å². The predicted octanol–water partition coefficient (Wildman–Crippen LogP) is 4.13. The van der Waals surface area contributed by atoms with Crippen LogP contribution in [0.4, 0.5) is 5.69 Å². The van der Waals surface area contributed by atoms with Gasteiger partial charge in [-0.05, 0) is 30.3 Å². The first-order chi connectivity index (χ1) is 13.6. The largest absolute Gasteiger partial charge is 0.275 e. The molecule has 3 aromatic heterocycles. The molecule has 0 saturated heterocycles. The van der Waals surface area contributed by atoms with Gasteiger partial charge < -0.3 is 0 Å². The number of carbonyl (C=O) groups is 2. The molecule has 1 N–H and O–H groups in total. The van der Waals surface area contributed by atoms with Crippen LogP contribution in [-0.2, 0) is 0 Å². The van der Waals surface area contributed by atoms with Gasteiger partial charge in [0.2, 0.25) is 0 Å². The van der Waals surface area contributed by atoms with Crippen LogP contribution in [0.1, 0.15) is 20.7 Å². The van der Waals surface area contributed by atoms with Gasteiger partial charge in [0, 0.05) is 24.2 Å². The molecule has 2 amide bonds. The summed E-state index contributed by atoms with van der Waals surface area (Å²) in [5.74, 6) is -0.947. The number of halogens is 2. The van der Waals surface area contributed by atoms with Crippen molar-refractivity contribution in [1.29, 1.82) is 0 Å². The number of imide groups is 1. The van der Waals surface area contributed by atoms with Crippen LogP contribution in [0.5, 0.6) is 0 Å². The molecular formula is C19H9Cl2N5O2. The number of nitrogens with zero attached hydrogens (tertiary/aromatic N) is 4. The summed E-state index contributed by atoms with van der Waals surface area (Å²) in [5.41, 5.74) is 2.52. The van der Waals surface area contributed by atoms with E-state index in [1.807, 2.05) is 0 Å². The quantitative estimate of drug-likeness (QED) is 0.502. The highest BCUT2D eigenvalue weighted by molar-refractivity contribution is 6.43. The van der Waals surface area contributed by atoms with Gasteiger partial charge in [-0.25, -0.2) is 9.88 Å². The lowest BCUT2D eigenvalue weighted by Gasteiger charge is -2.14. The number of benzene rings is 1. The molecule has 0 unspecified atom stereocenters. The molecule has 0 aliphatic carbocycles. The number of anilines is 1. The zero-order chi connectivity index (χ0) is 19.4. The average molecular weight is 410 g/mol. The second-order valence-electron chi connectivity index (χ2n) is 6.12. The fourth-order valence-corrected chi connectivity index (χ4v) is 3.57. The number of hydrogen-bond donors (Lipinski definition) is 1. The number of pyridine rings is 2. The Bertz CT molecular complexity index is 1290. The highest BCUT2D eigenvalue weighted by Gasteiger charge is 2.40. The molecule has 7 nitrogen and oxygen atoms in total. The lowest BCUT2D eigenvalue weighted by atomic mass is 10.0. The summed E-state index contributed by atoms with van der Waals surface area (Å²) in [7, 11) is 0. The molecule has 5 rings (SSSR count). The monoisotopic (exact) mass is 409 g/mol. The normalized spacial score (nSPS) is 13.4. The number of fused-ring (bicyclic) bond motifs is 3. The Balaban J connectivity index is 1.73. The number of carbonyl (C=O) groups excluding carboxylic acids is 2. The molecule has 136 valence electrons. The van der Waals surface area contributed by atoms with E-state index in [1.165, 1.54) is 18.3 Å². The molecule has 9 heteroatoms. The van der Waals surface area contributed by atoms with Crippen LogP contribution in [-0.4, -0.2) is 32.0 Å². The third-order valence-corrected chi connectivity index (χ3v) is 5.30. The lowest BCUT2D eigenvalue weighted by molar-refractivity contribution is 0.0926. The summed E-state index contributed by atoms with van der Waals surface area (Å²) in [4.78, 5) is 35.5. The van der Waals surface area contributed by atoms with Crippen LogP contribution in [0, 0.1) is 0 Å². The Kier molecular flexibility index (Phi) is 3.68. The van der Waals surface area contributed by atoms with Crippen molar-refractivity contribution in [2.24, 2.45) is 0 Å². The maximum atomic E-state index is 13.2. The second kappa shape index (κ2) is 6.12. The zero-order valence-corrected chi connectivity index (χ0v) is 15.5. The van der Waals surface area contributed by atoms with E-state index in [4.69, 9.17) is 23.2 Å². The standard InChI is InChI=1S/C19H9Cl2N5O2/c20-12-2-1-10(7-13(12)21)26-18(27)11-8-23-17-15(14(11)19(26)28)16(24-25-17)9-3-5-22-6-4-9/h1-8H,(H,23,24,25). The molecule has 1 aliphatic heterocycles. The highest BCUT2D eigenvalue weighted by Crippen LogP contribution is 2.37. The summed E-state index contributed by atoms with van der Waals surface area (Å²) in [5, 5.41) is 8.16. The van der Waals surface area contributed by atoms with Crippen molar-refractivity contribution in [3.8, 4) is 11.3 Å². The molecular weight excluding hydrogens is 401 g/mol. The number of nitrogens with one attached hydrogen (secondary N) is 1. The molecule has 1 aromatic carbocycles. The van der Waals surface area contributed by atoms with Crippen LogP contribution in [0.15, 0.2) is 48.9 Å². The minimum atomic E-state index is -0.477. The summed E-state index contributed by atoms with van der Waals surface area (Å²) in [6, 6.07) is 8.15. The Labute approximate surface area is 167 Å². The third kappa shape index (κ3) is 2.33. The van der Waals surface area contributed by atoms with Crippen molar-refractivity contribution in [2.75, 3.05) is 4.90 Å². The molecule has 1 aliphatic rings. The molecule has 0 radical (unpaired) electrons. The Morgan fingerprint density at radius 1 is 0.964 bits per heavy atom. The summed E-state index contributed by atoms with van der Waals surface area (Å²) < 4.78 is 0. The van der Waals surface area contributed by atoms with Gasteiger partial charge in [-0.3, -0.25) is 19.7 Å². The lowest BCUT2D eigenvalue weighted by Crippen LogP contribution is -2.29. The Morgan fingerprint density at radius 3 is 2.50 bits per heavy atom. The smallest absolute Gasteiger partial charge is 0.267 e. The number of aromatic nitrogens is 4. The summed E-state index contributed by atoms with van der Waals surface area (Å²) >= 11 is 12.0. The van der Waals surface area contributed by atoms with Crippen molar-refractivity contribution in [2.45, 2.75) is 0 Å². The number of rotatable bonds is 2. The summed E-state index contributed by atoms with van der Waals surface area (Å²) in [6.07, 6.45) is 4.63. The van der Waals surface area contributed by atoms with Gasteiger partial charge in [0.15, 0.2) is 5.65 Å². The van der Waals surface area contributed by atoms with Crippen LogP contribution in [0.3, 0.4) is 0 Å². The first-order valence-corrected chi connectivity index (χ1v) is 8.93. The Hall–Kier alpha value is -3.29. The Morgan fingerprint density at radius 2 is 1.75 bits per heavy atom. The van der Waals surface area contributed by atoms with Crippen molar-refractivity contribution in [3.05, 3.63) is 70.1 Å². The highest BCUT2D eigenvalue weighted by atomic mass is 35.5. The van der Waals surface area contributed by atoms with Gasteiger partial charge in [0.05, 0.1) is 37.9 Å². The van der Waals surface area contributed by atoms with Crippen molar-refractivity contribution >= 4 is 51.7 Å². The SMILES string of the molecule is O=C1c2cnc3n[nH]c(-c4ccncc4)c3c2C(=O)N1c1ccc(Cl)c(Cl)c1. The third-order valence-electron chi connectivity index (χ3n) is 4.56. The van der Waals surface area contributed by atoms with Gasteiger partial charge in [0.1, 0.15) is 0 Å². The fraction of sp³-hybridized carbons (Fsp3) is 0. The van der Waals surface area contributed by atoms with E-state index in [1.54, 1.807) is 30.6 Å². The second-order valence-corrected chi connectivity index (χ2v) is 6.94. The molecule has 28 heavy (non-hydrogen) atoms. The van der Waals surface area contributed by atoms with Crippen LogP contribution >= 0.6 is 23.2 Å². The molecule has 4 heterocycles. The zero-order valence-electron chi connectivity index (χ0n) is 14.0. The van der Waals surface area contributed by atoms with Gasteiger partial charge in [-0.15, -0.1) is 0 Å². The van der Waals surface area contributed by atoms with E-state index in [0.29, 0.717) is 27.4 Å². The van der Waals surface area contributed by atoms with E-state index in [2.05, 4.69) is 20.2 Å². The molecule has 4 aromatic rings. The van der Waals surface area contributed by atoms with Crippen LogP contribution in [0.2, 0.25) is 10.0 Å². The maximum absolute atomic E-state index is 13.2. The van der Waals surface area contributed by atoms with E-state index in [9.17, 15) is 9.59 Å². The molecule has 0 spiro atoms. The van der Waals surface area contributed by atoms with E-state index < -0.39 is 11.8 Å². The van der Waals surface area contributed by atoms with E-state index in [0.717, 1.165) is 10.5 Å². The van der Waals surface area contributed by atoms with E-state index in [-0.39, 0.29) is 16.1 Å². The first kappa shape index (κ1) is 16.9. The molecule has 0 fully saturated rings. The average Bonchev–Trinajstić information content (AvgIpc) is 3.24. The first-order valence-electron chi connectivity index (χ1n) is 8.17. The number of aromatic amines is 1. The minimum Gasteiger partial charge on any atom is -0.275 e. The van der Waals surface area contributed by atoms with Crippen molar-refractivity contribution in [3.63, 3.8) is 0 Å². The topological polar surface area (TPSA) is 91.8 Å². The number of hydrogen-bond acceptors (Lipinski definition) is 5. The molecule has 0 bridgehead atoms. The van der Waals surface area contributed by atoms with Crippen LogP contribution in [0.25, 0.3) is 22.3 Å². The molecule has 0 atom stereocenters. The van der Waals surface area contributed by atoms with E-state index >= 15 is 0 Å². The number of amides is 2. The van der Waals surface area contributed by atoms with Crippen molar-refractivity contribution < 1.29 is 9.59 Å². The maximum Gasteiger partial charge on any atom is 0.267 e. The van der Waals surface area contributed by atoms with Gasteiger partial charge in [0.25, 0.3) is 11.8 Å². The minimum absolute atomic E-state index is 0.209. The van der Waals surface area contributed by atoms with Crippen LogP contribution < -0.4 is 4.90 Å². The number of H-pyrrole nitrogens is 1. The summed E-state index contributed by atoms with van der Waals surface area (Å²) in [6.45, 7) is 0. The predicted molar refractivity (Wildman–Crippen MR) is 105 cm³/mol. The fourth-order valence-electron chi connectivity index (χ4n) is 3.28. The molecule has 0 saturated carbocycles. The van der Waals surface area contributed by atoms with Gasteiger partial charge in [-0.1, -0.05) is 23.2 Å².